The number of nitrogens with zero attached hydrogens (tertiary/aromatic N) is 1. The monoisotopic (exact) mass is 356 g/mol. The van der Waals surface area contributed by atoms with E-state index in [-0.39, 0.29) is 30.0 Å². The van der Waals surface area contributed by atoms with Gasteiger partial charge in [-0.05, 0) is 19.0 Å². The average Bonchev–Trinajstić information content (AvgIpc) is 2.88. The van der Waals surface area contributed by atoms with Crippen LogP contribution in [0.1, 0.15) is 12.0 Å². The Bertz CT molecular complexity index is 605. The summed E-state index contributed by atoms with van der Waals surface area (Å²) in [6.45, 7) is 0.886. The van der Waals surface area contributed by atoms with Gasteiger partial charge in [-0.2, -0.15) is 11.8 Å². The molecule has 5 nitrogen and oxygen atoms in total. The second-order valence-electron chi connectivity index (χ2n) is 5.86. The van der Waals surface area contributed by atoms with E-state index in [9.17, 15) is 13.2 Å². The highest BCUT2D eigenvalue weighted by Crippen LogP contribution is 2.16. The van der Waals surface area contributed by atoms with Gasteiger partial charge in [0.25, 0.3) is 0 Å². The first-order valence-corrected chi connectivity index (χ1v) is 10.7. The molecule has 7 heteroatoms. The van der Waals surface area contributed by atoms with E-state index in [0.717, 1.165) is 11.5 Å². The smallest absolute Gasteiger partial charge is 0.234 e. The first-order valence-electron chi connectivity index (χ1n) is 7.75. The molecule has 1 aliphatic heterocycles. The van der Waals surface area contributed by atoms with Crippen LogP contribution < -0.4 is 5.32 Å². The van der Waals surface area contributed by atoms with E-state index in [2.05, 4.69) is 17.4 Å². The number of thioether (sulfide) groups is 1. The first-order chi connectivity index (χ1) is 11.0. The number of nitrogens with one attached hydrogen (secondary N) is 1. The molecule has 0 radical (unpaired) electrons. The molecular weight excluding hydrogens is 332 g/mol. The van der Waals surface area contributed by atoms with Gasteiger partial charge in [0.2, 0.25) is 5.91 Å². The van der Waals surface area contributed by atoms with Gasteiger partial charge in [-0.3, -0.25) is 9.69 Å². The highest BCUT2D eigenvalue weighted by molar-refractivity contribution is 7.98. The van der Waals surface area contributed by atoms with E-state index in [4.69, 9.17) is 0 Å². The van der Waals surface area contributed by atoms with Crippen LogP contribution in [-0.4, -0.2) is 62.7 Å². The van der Waals surface area contributed by atoms with E-state index < -0.39 is 9.84 Å². The van der Waals surface area contributed by atoms with Crippen LogP contribution in [-0.2, 0) is 20.4 Å². The lowest BCUT2D eigenvalue weighted by Crippen LogP contribution is -2.41. The Hall–Kier alpha value is -1.05. The number of amides is 1. The Balaban J connectivity index is 1.58. The minimum absolute atomic E-state index is 0.0294. The van der Waals surface area contributed by atoms with Crippen molar-refractivity contribution in [1.29, 1.82) is 0 Å². The number of sulfone groups is 1. The summed E-state index contributed by atoms with van der Waals surface area (Å²) in [6, 6.07) is 10.2. The molecule has 1 saturated heterocycles. The van der Waals surface area contributed by atoms with E-state index in [0.29, 0.717) is 13.0 Å². The van der Waals surface area contributed by atoms with E-state index in [1.54, 1.807) is 11.8 Å². The Kier molecular flexibility index (Phi) is 6.92. The quantitative estimate of drug-likeness (QED) is 0.708. The first kappa shape index (κ1) is 18.3. The van der Waals surface area contributed by atoms with Crippen molar-refractivity contribution in [3.8, 4) is 0 Å². The molecule has 0 aliphatic carbocycles. The van der Waals surface area contributed by atoms with Crippen molar-refractivity contribution in [3.63, 3.8) is 0 Å². The standard InChI is InChI=1S/C16H24N2O3S2/c1-18(15-7-10-23(20,21)13-15)11-16(19)17-8-9-22-12-14-5-3-2-4-6-14/h2-6,15H,7-13H2,1H3,(H,17,19). The average molecular weight is 357 g/mol. The van der Waals surface area contributed by atoms with Crippen molar-refractivity contribution in [1.82, 2.24) is 10.2 Å². The topological polar surface area (TPSA) is 66.5 Å². The van der Waals surface area contributed by atoms with Gasteiger partial charge in [0, 0.05) is 24.1 Å². The van der Waals surface area contributed by atoms with Crippen molar-refractivity contribution >= 4 is 27.5 Å². The number of likely N-dealkylation sites (N-methyl/N-ethyl adjacent to an activating group) is 1. The van der Waals surface area contributed by atoms with Crippen LogP contribution in [0.2, 0.25) is 0 Å². The summed E-state index contributed by atoms with van der Waals surface area (Å²) in [6.07, 6.45) is 0.624. The second kappa shape index (κ2) is 8.70. The van der Waals surface area contributed by atoms with Gasteiger partial charge in [0.1, 0.15) is 0 Å². The van der Waals surface area contributed by atoms with Gasteiger partial charge in [-0.1, -0.05) is 30.3 Å². The molecule has 2 rings (SSSR count). The molecule has 1 aromatic carbocycles. The maximum atomic E-state index is 11.9. The number of carbonyl (C=O) groups excluding carboxylic acids is 1. The Labute approximate surface area is 142 Å². The predicted octanol–water partition coefficient (Wildman–Crippen LogP) is 1.15. The molecule has 1 fully saturated rings. The highest BCUT2D eigenvalue weighted by atomic mass is 32.2. The van der Waals surface area contributed by atoms with Crippen molar-refractivity contribution < 1.29 is 13.2 Å². The van der Waals surface area contributed by atoms with Crippen molar-refractivity contribution in [2.24, 2.45) is 0 Å². The molecule has 1 atom stereocenters. The van der Waals surface area contributed by atoms with Crippen LogP contribution in [0.15, 0.2) is 30.3 Å². The molecule has 1 N–H and O–H groups in total. The Morgan fingerprint density at radius 3 is 2.74 bits per heavy atom. The van der Waals surface area contributed by atoms with Gasteiger partial charge in [0.15, 0.2) is 9.84 Å². The molecule has 1 aliphatic rings. The zero-order valence-electron chi connectivity index (χ0n) is 13.4. The summed E-state index contributed by atoms with van der Waals surface area (Å²) in [7, 11) is -1.09. The van der Waals surface area contributed by atoms with Crippen LogP contribution in [0.5, 0.6) is 0 Å². The molecule has 0 aromatic heterocycles. The minimum Gasteiger partial charge on any atom is -0.354 e. The lowest BCUT2D eigenvalue weighted by atomic mass is 10.2. The number of benzene rings is 1. The van der Waals surface area contributed by atoms with E-state index >= 15 is 0 Å². The molecule has 0 bridgehead atoms. The third-order valence-electron chi connectivity index (χ3n) is 3.90. The van der Waals surface area contributed by atoms with E-state index in [1.165, 1.54) is 5.56 Å². The number of hydrogen-bond acceptors (Lipinski definition) is 5. The van der Waals surface area contributed by atoms with Gasteiger partial charge in [-0.25, -0.2) is 8.42 Å². The Morgan fingerprint density at radius 2 is 2.09 bits per heavy atom. The summed E-state index contributed by atoms with van der Waals surface area (Å²) >= 11 is 1.78. The number of carbonyl (C=O) groups is 1. The lowest BCUT2D eigenvalue weighted by molar-refractivity contribution is -0.122. The van der Waals surface area contributed by atoms with Crippen LogP contribution in [0, 0.1) is 0 Å². The summed E-state index contributed by atoms with van der Waals surface area (Å²) in [4.78, 5) is 13.7. The molecule has 1 aromatic rings. The van der Waals surface area contributed by atoms with Crippen molar-refractivity contribution in [3.05, 3.63) is 35.9 Å². The summed E-state index contributed by atoms with van der Waals surface area (Å²) in [5, 5.41) is 2.89. The van der Waals surface area contributed by atoms with Gasteiger partial charge in [0.05, 0.1) is 18.1 Å². The normalized spacial score (nSPS) is 19.8. The van der Waals surface area contributed by atoms with Crippen LogP contribution in [0.4, 0.5) is 0 Å². The second-order valence-corrected chi connectivity index (χ2v) is 9.19. The fourth-order valence-electron chi connectivity index (χ4n) is 2.56. The molecule has 128 valence electrons. The molecule has 0 spiro atoms. The zero-order chi connectivity index (χ0) is 16.7. The minimum atomic E-state index is -2.90. The highest BCUT2D eigenvalue weighted by Gasteiger charge is 2.31. The van der Waals surface area contributed by atoms with Crippen molar-refractivity contribution in [2.45, 2.75) is 18.2 Å². The number of rotatable bonds is 8. The molecule has 1 amide bonds. The maximum Gasteiger partial charge on any atom is 0.234 e. The molecule has 1 heterocycles. The maximum absolute atomic E-state index is 11.9. The van der Waals surface area contributed by atoms with Crippen LogP contribution in [0.25, 0.3) is 0 Å². The third kappa shape index (κ3) is 6.53. The zero-order valence-corrected chi connectivity index (χ0v) is 15.0. The summed E-state index contributed by atoms with van der Waals surface area (Å²) in [5.41, 5.74) is 1.28. The third-order valence-corrected chi connectivity index (χ3v) is 6.69. The fraction of sp³-hybridized carbons (Fsp3) is 0.562. The summed E-state index contributed by atoms with van der Waals surface area (Å²) < 4.78 is 22.9. The van der Waals surface area contributed by atoms with Gasteiger partial charge < -0.3 is 5.32 Å². The number of hydrogen-bond donors (Lipinski definition) is 1. The van der Waals surface area contributed by atoms with Crippen LogP contribution >= 0.6 is 11.8 Å². The summed E-state index contributed by atoms with van der Waals surface area (Å²) in [5.74, 6) is 2.17. The molecule has 0 saturated carbocycles. The molecule has 1 unspecified atom stereocenters. The molecule has 23 heavy (non-hydrogen) atoms. The van der Waals surface area contributed by atoms with Gasteiger partial charge in [-0.15, -0.1) is 0 Å². The lowest BCUT2D eigenvalue weighted by Gasteiger charge is -2.22. The van der Waals surface area contributed by atoms with Crippen LogP contribution in [0.3, 0.4) is 0 Å². The molecular formula is C16H24N2O3S2. The largest absolute Gasteiger partial charge is 0.354 e. The van der Waals surface area contributed by atoms with Gasteiger partial charge >= 0.3 is 0 Å². The Morgan fingerprint density at radius 1 is 1.35 bits per heavy atom. The SMILES string of the molecule is CN(CC(=O)NCCSCc1ccccc1)C1CCS(=O)(=O)C1. The fourth-order valence-corrected chi connectivity index (χ4v) is 5.19. The predicted molar refractivity (Wildman–Crippen MR) is 95.3 cm³/mol. The van der Waals surface area contributed by atoms with Crippen molar-refractivity contribution in [2.75, 3.05) is 37.4 Å². The van der Waals surface area contributed by atoms with E-state index in [1.807, 2.05) is 30.1 Å².